The normalized spacial score (nSPS) is 16.2. The molecule has 0 bridgehead atoms. The zero-order valence-electron chi connectivity index (χ0n) is 16.3. The fourth-order valence-electron chi connectivity index (χ4n) is 3.49. The van der Waals surface area contributed by atoms with Crippen LogP contribution in [0.5, 0.6) is 5.75 Å². The zero-order chi connectivity index (χ0) is 20.1. The number of rotatable bonds is 7. The van der Waals surface area contributed by atoms with Gasteiger partial charge >= 0.3 is 0 Å². The van der Waals surface area contributed by atoms with Gasteiger partial charge in [-0.1, -0.05) is 48.2 Å². The number of benzene rings is 2. The minimum atomic E-state index is 0.106. The lowest BCUT2D eigenvalue weighted by molar-refractivity contribution is 0.0788. The lowest BCUT2D eigenvalue weighted by Gasteiger charge is -2.16. The Morgan fingerprint density at radius 3 is 2.79 bits per heavy atom. The van der Waals surface area contributed by atoms with Crippen molar-refractivity contribution in [3.05, 3.63) is 71.6 Å². The maximum Gasteiger partial charge on any atom is 0.276 e. The number of hydrogen-bond acceptors (Lipinski definition) is 6. The first-order valence-corrected chi connectivity index (χ1v) is 10.6. The average Bonchev–Trinajstić information content (AvgIpc) is 3.42. The first-order chi connectivity index (χ1) is 14.2. The molecule has 4 rings (SSSR count). The molecule has 1 aromatic heterocycles. The molecule has 1 unspecified atom stereocenters. The predicted octanol–water partition coefficient (Wildman–Crippen LogP) is 3.92. The molecule has 1 saturated heterocycles. The van der Waals surface area contributed by atoms with Gasteiger partial charge in [0.1, 0.15) is 5.75 Å². The van der Waals surface area contributed by atoms with Gasteiger partial charge in [0.2, 0.25) is 5.89 Å². The summed E-state index contributed by atoms with van der Waals surface area (Å²) >= 11 is 1.56. The molecule has 0 N–H and O–H groups in total. The molecule has 0 aliphatic carbocycles. The number of nitrogens with zero attached hydrogens (tertiary/aromatic N) is 3. The SMILES string of the molecule is COc1ccccc1Cc1nnc(SCC2CCN(C(=O)c3ccccc3)C2)o1. The first-order valence-electron chi connectivity index (χ1n) is 9.64. The van der Waals surface area contributed by atoms with Crippen LogP contribution in [0.25, 0.3) is 0 Å². The predicted molar refractivity (Wildman–Crippen MR) is 111 cm³/mol. The summed E-state index contributed by atoms with van der Waals surface area (Å²) < 4.78 is 11.2. The Morgan fingerprint density at radius 2 is 1.97 bits per heavy atom. The Bertz CT molecular complexity index is 961. The van der Waals surface area contributed by atoms with Crippen LogP contribution in [0.15, 0.2) is 64.2 Å². The molecule has 0 saturated carbocycles. The smallest absolute Gasteiger partial charge is 0.276 e. The third-order valence-corrected chi connectivity index (χ3v) is 6.07. The quantitative estimate of drug-likeness (QED) is 0.551. The molecule has 3 aromatic rings. The zero-order valence-corrected chi connectivity index (χ0v) is 17.1. The molecular formula is C22H23N3O3S. The second kappa shape index (κ2) is 9.13. The van der Waals surface area contributed by atoms with E-state index in [2.05, 4.69) is 10.2 Å². The van der Waals surface area contributed by atoms with Crippen LogP contribution in [0.3, 0.4) is 0 Å². The summed E-state index contributed by atoms with van der Waals surface area (Å²) in [5, 5.41) is 8.88. The second-order valence-electron chi connectivity index (χ2n) is 7.03. The molecule has 29 heavy (non-hydrogen) atoms. The van der Waals surface area contributed by atoms with E-state index in [1.807, 2.05) is 59.5 Å². The number of carbonyl (C=O) groups is 1. The van der Waals surface area contributed by atoms with Gasteiger partial charge in [-0.05, 0) is 30.5 Å². The van der Waals surface area contributed by atoms with Gasteiger partial charge < -0.3 is 14.1 Å². The number of amides is 1. The van der Waals surface area contributed by atoms with Gasteiger partial charge in [0.25, 0.3) is 11.1 Å². The van der Waals surface area contributed by atoms with Gasteiger partial charge in [-0.25, -0.2) is 0 Å². The highest BCUT2D eigenvalue weighted by Crippen LogP contribution is 2.27. The van der Waals surface area contributed by atoms with Gasteiger partial charge in [0, 0.05) is 30.0 Å². The van der Waals surface area contributed by atoms with Gasteiger partial charge in [-0.2, -0.15) is 0 Å². The number of likely N-dealkylation sites (tertiary alicyclic amines) is 1. The van der Waals surface area contributed by atoms with Gasteiger partial charge in [-0.15, -0.1) is 10.2 Å². The van der Waals surface area contributed by atoms with Crippen molar-refractivity contribution in [2.24, 2.45) is 5.92 Å². The molecule has 150 valence electrons. The third-order valence-electron chi connectivity index (χ3n) is 5.02. The Hall–Kier alpha value is -2.80. The molecule has 0 spiro atoms. The molecule has 1 aliphatic heterocycles. The Kier molecular flexibility index (Phi) is 6.14. The number of aromatic nitrogens is 2. The topological polar surface area (TPSA) is 68.5 Å². The summed E-state index contributed by atoms with van der Waals surface area (Å²) in [6.07, 6.45) is 1.54. The van der Waals surface area contributed by atoms with Crippen LogP contribution in [-0.2, 0) is 6.42 Å². The Balaban J connectivity index is 1.29. The van der Waals surface area contributed by atoms with E-state index in [0.29, 0.717) is 23.5 Å². The van der Waals surface area contributed by atoms with Crippen LogP contribution in [0.4, 0.5) is 0 Å². The monoisotopic (exact) mass is 409 g/mol. The minimum Gasteiger partial charge on any atom is -0.496 e. The molecule has 1 atom stereocenters. The van der Waals surface area contributed by atoms with Crippen molar-refractivity contribution >= 4 is 17.7 Å². The van der Waals surface area contributed by atoms with Crippen molar-refractivity contribution < 1.29 is 13.9 Å². The molecule has 6 nitrogen and oxygen atoms in total. The molecule has 2 aromatic carbocycles. The van der Waals surface area contributed by atoms with Crippen molar-refractivity contribution in [2.75, 3.05) is 26.0 Å². The summed E-state index contributed by atoms with van der Waals surface area (Å²) in [5.74, 6) is 2.78. The molecular weight excluding hydrogens is 386 g/mol. The van der Waals surface area contributed by atoms with Gasteiger partial charge in [0.05, 0.1) is 13.5 Å². The standard InChI is InChI=1S/C22H23N3O3S/c1-27-19-10-6-5-9-18(19)13-20-23-24-22(28-20)29-15-16-11-12-25(14-16)21(26)17-7-3-2-4-8-17/h2-10,16H,11-15H2,1H3. The van der Waals surface area contributed by atoms with Crippen LogP contribution in [0, 0.1) is 5.92 Å². The third kappa shape index (κ3) is 4.79. The summed E-state index contributed by atoms with van der Waals surface area (Å²) in [6, 6.07) is 17.3. The van der Waals surface area contributed by atoms with Crippen molar-refractivity contribution in [1.82, 2.24) is 15.1 Å². The average molecular weight is 410 g/mol. The van der Waals surface area contributed by atoms with Crippen molar-refractivity contribution in [3.63, 3.8) is 0 Å². The van der Waals surface area contributed by atoms with E-state index in [0.717, 1.165) is 42.1 Å². The van der Waals surface area contributed by atoms with Crippen LogP contribution in [0.2, 0.25) is 0 Å². The molecule has 2 heterocycles. The van der Waals surface area contributed by atoms with Crippen molar-refractivity contribution in [1.29, 1.82) is 0 Å². The van der Waals surface area contributed by atoms with Crippen molar-refractivity contribution in [2.45, 2.75) is 18.1 Å². The Labute approximate surface area is 174 Å². The Morgan fingerprint density at radius 1 is 1.17 bits per heavy atom. The maximum atomic E-state index is 12.6. The summed E-state index contributed by atoms with van der Waals surface area (Å²) in [7, 11) is 1.65. The molecule has 7 heteroatoms. The van der Waals surface area contributed by atoms with Crippen LogP contribution in [-0.4, -0.2) is 47.0 Å². The number of thioether (sulfide) groups is 1. The lowest BCUT2D eigenvalue weighted by atomic mass is 10.1. The first kappa shape index (κ1) is 19.5. The van der Waals surface area contributed by atoms with E-state index < -0.39 is 0 Å². The summed E-state index contributed by atoms with van der Waals surface area (Å²) in [6.45, 7) is 1.56. The number of ether oxygens (including phenoxy) is 1. The number of hydrogen-bond donors (Lipinski definition) is 0. The fraction of sp³-hybridized carbons (Fsp3) is 0.318. The number of para-hydroxylation sites is 1. The van der Waals surface area contributed by atoms with Gasteiger partial charge in [-0.3, -0.25) is 4.79 Å². The van der Waals surface area contributed by atoms with E-state index in [-0.39, 0.29) is 5.91 Å². The molecule has 0 radical (unpaired) electrons. The maximum absolute atomic E-state index is 12.6. The second-order valence-corrected chi connectivity index (χ2v) is 8.00. The molecule has 1 fully saturated rings. The van der Waals surface area contributed by atoms with E-state index in [4.69, 9.17) is 9.15 Å². The molecule has 1 aliphatic rings. The highest BCUT2D eigenvalue weighted by molar-refractivity contribution is 7.99. The van der Waals surface area contributed by atoms with E-state index in [9.17, 15) is 4.79 Å². The van der Waals surface area contributed by atoms with Crippen LogP contribution < -0.4 is 4.74 Å². The molecule has 1 amide bonds. The van der Waals surface area contributed by atoms with Crippen LogP contribution in [0.1, 0.15) is 28.2 Å². The number of methoxy groups -OCH3 is 1. The highest BCUT2D eigenvalue weighted by Gasteiger charge is 2.27. The van der Waals surface area contributed by atoms with E-state index in [1.54, 1.807) is 18.9 Å². The van der Waals surface area contributed by atoms with E-state index >= 15 is 0 Å². The fourth-order valence-corrected chi connectivity index (χ4v) is 4.39. The number of carbonyl (C=O) groups excluding carboxylic acids is 1. The van der Waals surface area contributed by atoms with E-state index in [1.165, 1.54) is 0 Å². The highest BCUT2D eigenvalue weighted by atomic mass is 32.2. The van der Waals surface area contributed by atoms with Crippen molar-refractivity contribution in [3.8, 4) is 5.75 Å². The lowest BCUT2D eigenvalue weighted by Crippen LogP contribution is -2.28. The largest absolute Gasteiger partial charge is 0.496 e. The van der Waals surface area contributed by atoms with Gasteiger partial charge in [0.15, 0.2) is 0 Å². The summed E-state index contributed by atoms with van der Waals surface area (Å²) in [4.78, 5) is 14.5. The summed E-state index contributed by atoms with van der Waals surface area (Å²) in [5.41, 5.74) is 1.76. The minimum absolute atomic E-state index is 0.106. The van der Waals surface area contributed by atoms with Crippen LogP contribution >= 0.6 is 11.8 Å².